The summed E-state index contributed by atoms with van der Waals surface area (Å²) in [5.74, 6) is 0.991. The van der Waals surface area contributed by atoms with E-state index in [1.807, 2.05) is 12.1 Å². The number of hydrogen-bond donors (Lipinski definition) is 0. The van der Waals surface area contributed by atoms with Crippen LogP contribution in [0, 0.1) is 21.4 Å². The fraction of sp³-hybridized carbons (Fsp3) is 0.130. The number of rotatable bonds is 9. The van der Waals surface area contributed by atoms with Crippen LogP contribution in [-0.2, 0) is 18.1 Å². The van der Waals surface area contributed by atoms with Crippen molar-refractivity contribution in [2.24, 2.45) is 5.16 Å². The molecule has 0 unspecified atom stereocenters. The van der Waals surface area contributed by atoms with Gasteiger partial charge >= 0.3 is 0 Å². The van der Waals surface area contributed by atoms with E-state index in [0.717, 1.165) is 11.1 Å². The van der Waals surface area contributed by atoms with Crippen LogP contribution in [0.5, 0.6) is 11.5 Å². The molecule has 0 bridgehead atoms. The first-order valence-electron chi connectivity index (χ1n) is 9.39. The van der Waals surface area contributed by atoms with Gasteiger partial charge < -0.3 is 14.3 Å². The molecule has 0 radical (unpaired) electrons. The number of methoxy groups -OCH3 is 1. The highest BCUT2D eigenvalue weighted by atomic mass is 79.9. The third-order valence-corrected chi connectivity index (χ3v) is 5.14. The average Bonchev–Trinajstić information content (AvgIpc) is 2.81. The summed E-state index contributed by atoms with van der Waals surface area (Å²) in [6.45, 7) is 0.390. The maximum Gasteiger partial charge on any atom is 0.269 e. The van der Waals surface area contributed by atoms with Crippen LogP contribution >= 0.6 is 15.9 Å². The molecule has 0 aliphatic carbocycles. The molecule has 3 aromatic rings. The summed E-state index contributed by atoms with van der Waals surface area (Å²) in [7, 11) is 1.53. The van der Waals surface area contributed by atoms with E-state index in [4.69, 9.17) is 19.6 Å². The van der Waals surface area contributed by atoms with Crippen LogP contribution in [0.15, 0.2) is 70.3 Å². The summed E-state index contributed by atoms with van der Waals surface area (Å²) in [4.78, 5) is 15.6. The zero-order valence-corrected chi connectivity index (χ0v) is 18.6. The Hall–Kier alpha value is -3.90. The quantitative estimate of drug-likeness (QED) is 0.224. The van der Waals surface area contributed by atoms with Gasteiger partial charge in [-0.2, -0.15) is 5.26 Å². The summed E-state index contributed by atoms with van der Waals surface area (Å²) in [6, 6.07) is 18.9. The minimum Gasteiger partial charge on any atom is -0.493 e. The van der Waals surface area contributed by atoms with Crippen molar-refractivity contribution in [2.75, 3.05) is 7.11 Å². The van der Waals surface area contributed by atoms with Crippen LogP contribution in [0.1, 0.15) is 22.3 Å². The van der Waals surface area contributed by atoms with E-state index >= 15 is 0 Å². The molecule has 8 nitrogen and oxygen atoms in total. The number of hydrogen-bond acceptors (Lipinski definition) is 7. The molecule has 0 aliphatic heterocycles. The Labute approximate surface area is 192 Å². The first kappa shape index (κ1) is 22.8. The van der Waals surface area contributed by atoms with Gasteiger partial charge in [0.2, 0.25) is 0 Å². The molecule has 0 spiro atoms. The number of non-ortho nitro benzene ring substituents is 1. The van der Waals surface area contributed by atoms with Crippen molar-refractivity contribution in [3.63, 3.8) is 0 Å². The normalized spacial score (nSPS) is 10.5. The number of oxime groups is 1. The Morgan fingerprint density at radius 2 is 1.88 bits per heavy atom. The lowest BCUT2D eigenvalue weighted by atomic mass is 10.1. The number of nitro benzene ring substituents is 1. The molecule has 0 N–H and O–H groups in total. The van der Waals surface area contributed by atoms with Gasteiger partial charge in [0, 0.05) is 27.7 Å². The second-order valence-electron chi connectivity index (χ2n) is 6.51. The van der Waals surface area contributed by atoms with Crippen molar-refractivity contribution in [1.29, 1.82) is 5.26 Å². The molecule has 0 amide bonds. The van der Waals surface area contributed by atoms with E-state index in [2.05, 4.69) is 27.2 Å². The van der Waals surface area contributed by atoms with Crippen LogP contribution in [0.3, 0.4) is 0 Å². The minimum atomic E-state index is -0.447. The van der Waals surface area contributed by atoms with Crippen molar-refractivity contribution < 1.29 is 19.2 Å². The van der Waals surface area contributed by atoms with E-state index in [9.17, 15) is 10.1 Å². The highest BCUT2D eigenvalue weighted by Gasteiger charge is 2.11. The third kappa shape index (κ3) is 5.83. The van der Waals surface area contributed by atoms with E-state index in [1.54, 1.807) is 36.4 Å². The minimum absolute atomic E-state index is 0.0241. The molecule has 0 aliphatic rings. The van der Waals surface area contributed by atoms with Crippen molar-refractivity contribution in [3.8, 4) is 17.6 Å². The van der Waals surface area contributed by atoms with Crippen molar-refractivity contribution in [3.05, 3.63) is 97.5 Å². The Balaban J connectivity index is 1.65. The molecule has 0 saturated carbocycles. The number of benzene rings is 3. The molecule has 0 saturated heterocycles. The first-order valence-corrected chi connectivity index (χ1v) is 10.2. The fourth-order valence-corrected chi connectivity index (χ4v) is 3.18. The van der Waals surface area contributed by atoms with Crippen molar-refractivity contribution in [2.45, 2.75) is 13.2 Å². The SMILES string of the molecule is COc1cc(/C=N\OCc2ccccc2C#N)c(Br)cc1OCc1ccc([N+](=O)[O-])cc1. The highest BCUT2D eigenvalue weighted by Crippen LogP contribution is 2.33. The Morgan fingerprint density at radius 1 is 1.12 bits per heavy atom. The lowest BCUT2D eigenvalue weighted by Gasteiger charge is -2.12. The molecular weight excluding hydrogens is 478 g/mol. The van der Waals surface area contributed by atoms with Gasteiger partial charge in [-0.05, 0) is 51.8 Å². The zero-order valence-electron chi connectivity index (χ0n) is 17.0. The van der Waals surface area contributed by atoms with Crippen molar-refractivity contribution in [1.82, 2.24) is 0 Å². The van der Waals surface area contributed by atoms with Gasteiger partial charge in [-0.15, -0.1) is 0 Å². The van der Waals surface area contributed by atoms with E-state index in [1.165, 1.54) is 25.5 Å². The standard InChI is InChI=1S/C23H18BrN3O5/c1-30-22-10-19(13-26-32-15-18-5-3-2-4-17(18)12-25)21(24)11-23(22)31-14-16-6-8-20(9-7-16)27(28)29/h2-11,13H,14-15H2,1H3/b26-13-. The number of halogens is 1. The highest BCUT2D eigenvalue weighted by molar-refractivity contribution is 9.10. The molecule has 0 aromatic heterocycles. The molecular formula is C23H18BrN3O5. The number of ether oxygens (including phenoxy) is 2. The fourth-order valence-electron chi connectivity index (χ4n) is 2.75. The summed E-state index contributed by atoms with van der Waals surface area (Å²) in [5, 5.41) is 23.9. The monoisotopic (exact) mass is 495 g/mol. The smallest absolute Gasteiger partial charge is 0.269 e. The second kappa shape index (κ2) is 10.9. The number of nitriles is 1. The Bertz CT molecular complexity index is 1170. The average molecular weight is 496 g/mol. The van der Waals surface area contributed by atoms with Crippen molar-refractivity contribution >= 4 is 27.8 Å². The zero-order chi connectivity index (χ0) is 22.9. The predicted octanol–water partition coefficient (Wildman–Crippen LogP) is 5.37. The molecule has 0 atom stereocenters. The van der Waals surface area contributed by atoms with Crippen LogP contribution in [0.4, 0.5) is 5.69 Å². The van der Waals surface area contributed by atoms with Gasteiger partial charge in [-0.25, -0.2) is 0 Å². The van der Waals surface area contributed by atoms with Gasteiger partial charge in [0.05, 0.1) is 29.9 Å². The maximum absolute atomic E-state index is 10.8. The molecule has 162 valence electrons. The van der Waals surface area contributed by atoms with Crippen LogP contribution < -0.4 is 9.47 Å². The van der Waals surface area contributed by atoms with Gasteiger partial charge in [0.1, 0.15) is 13.2 Å². The lowest BCUT2D eigenvalue weighted by molar-refractivity contribution is -0.384. The van der Waals surface area contributed by atoms with Gasteiger partial charge in [0.25, 0.3) is 5.69 Å². The second-order valence-corrected chi connectivity index (χ2v) is 7.37. The van der Waals surface area contributed by atoms with E-state index < -0.39 is 4.92 Å². The largest absolute Gasteiger partial charge is 0.493 e. The van der Waals surface area contributed by atoms with E-state index in [0.29, 0.717) is 27.1 Å². The molecule has 3 aromatic carbocycles. The lowest BCUT2D eigenvalue weighted by Crippen LogP contribution is -1.99. The summed E-state index contributed by atoms with van der Waals surface area (Å²) < 4.78 is 12.0. The Kier molecular flexibility index (Phi) is 7.78. The number of nitro groups is 1. The van der Waals surface area contributed by atoms with Crippen LogP contribution in [-0.4, -0.2) is 18.2 Å². The van der Waals surface area contributed by atoms with Crippen LogP contribution in [0.25, 0.3) is 0 Å². The molecule has 0 heterocycles. The maximum atomic E-state index is 10.8. The number of nitrogens with zero attached hydrogens (tertiary/aromatic N) is 3. The summed E-state index contributed by atoms with van der Waals surface area (Å²) >= 11 is 3.48. The molecule has 32 heavy (non-hydrogen) atoms. The molecule has 0 fully saturated rings. The summed E-state index contributed by atoms with van der Waals surface area (Å²) in [6.07, 6.45) is 1.53. The predicted molar refractivity (Wildman–Crippen MR) is 122 cm³/mol. The van der Waals surface area contributed by atoms with Crippen LogP contribution in [0.2, 0.25) is 0 Å². The van der Waals surface area contributed by atoms with Gasteiger partial charge in [-0.3, -0.25) is 10.1 Å². The Morgan fingerprint density at radius 3 is 2.56 bits per heavy atom. The third-order valence-electron chi connectivity index (χ3n) is 4.45. The van der Waals surface area contributed by atoms with Gasteiger partial charge in [-0.1, -0.05) is 23.4 Å². The van der Waals surface area contributed by atoms with Gasteiger partial charge in [0.15, 0.2) is 11.5 Å². The molecule has 9 heteroatoms. The topological polar surface area (TPSA) is 107 Å². The van der Waals surface area contributed by atoms with E-state index in [-0.39, 0.29) is 18.9 Å². The first-order chi connectivity index (χ1) is 15.5. The summed E-state index contributed by atoms with van der Waals surface area (Å²) in [5.41, 5.74) is 2.80. The molecule has 3 rings (SSSR count).